The summed E-state index contributed by atoms with van der Waals surface area (Å²) in [5.41, 5.74) is 2.69. The number of hydrogen-bond acceptors (Lipinski definition) is 4. The van der Waals surface area contributed by atoms with Crippen LogP contribution in [0.3, 0.4) is 0 Å². The van der Waals surface area contributed by atoms with Crippen LogP contribution in [-0.4, -0.2) is 27.2 Å². The summed E-state index contributed by atoms with van der Waals surface area (Å²) in [6.45, 7) is 0. The number of carbonyl (C=O) groups excluding carboxylic acids is 1. The molecule has 0 spiro atoms. The van der Waals surface area contributed by atoms with Crippen molar-refractivity contribution in [1.82, 2.24) is 5.32 Å². The molecule has 0 aliphatic heterocycles. The summed E-state index contributed by atoms with van der Waals surface area (Å²) < 4.78 is 16.1. The maximum absolute atomic E-state index is 12.9. The molecule has 3 aromatic rings. The molecule has 1 atom stereocenters. The highest BCUT2D eigenvalue weighted by Gasteiger charge is 2.19. The van der Waals surface area contributed by atoms with Crippen LogP contribution in [0.5, 0.6) is 17.2 Å². The average Bonchev–Trinajstić information content (AvgIpc) is 2.78. The third kappa shape index (κ3) is 5.05. The molecular formula is C24H24ClNO4. The lowest BCUT2D eigenvalue weighted by molar-refractivity contribution is -0.120. The minimum atomic E-state index is -0.294. The number of rotatable bonds is 8. The number of halogens is 1. The highest BCUT2D eigenvalue weighted by atomic mass is 35.5. The van der Waals surface area contributed by atoms with Crippen molar-refractivity contribution < 1.29 is 19.0 Å². The summed E-state index contributed by atoms with van der Waals surface area (Å²) in [6, 6.07) is 20.5. The topological polar surface area (TPSA) is 56.8 Å². The summed E-state index contributed by atoms with van der Waals surface area (Å²) in [4.78, 5) is 12.9. The summed E-state index contributed by atoms with van der Waals surface area (Å²) in [5.74, 6) is 1.38. The molecule has 6 heteroatoms. The first kappa shape index (κ1) is 21.5. The third-order valence-electron chi connectivity index (χ3n) is 4.73. The Morgan fingerprint density at radius 3 is 1.97 bits per heavy atom. The molecule has 0 aromatic heterocycles. The molecule has 0 fully saturated rings. The molecule has 30 heavy (non-hydrogen) atoms. The van der Waals surface area contributed by atoms with Crippen molar-refractivity contribution in [2.24, 2.45) is 0 Å². The molecule has 3 aromatic carbocycles. The van der Waals surface area contributed by atoms with Gasteiger partial charge in [0.05, 0.1) is 33.8 Å². The van der Waals surface area contributed by atoms with E-state index in [0.717, 1.165) is 16.7 Å². The molecular weight excluding hydrogens is 402 g/mol. The lowest BCUT2D eigenvalue weighted by Crippen LogP contribution is -2.30. The Labute approximate surface area is 181 Å². The minimum Gasteiger partial charge on any atom is -0.493 e. The standard InChI is InChI=1S/C24H24ClNO4/c1-28-20-13-16(14-21(29-2)24(20)30-3)15-22(27)26-23(17-7-5-4-6-8-17)18-9-11-19(25)12-10-18/h4-14,23H,15H2,1-3H3,(H,26,27). The Bertz CT molecular complexity index is 965. The Balaban J connectivity index is 1.85. The summed E-state index contributed by atoms with van der Waals surface area (Å²) in [7, 11) is 4.64. The zero-order chi connectivity index (χ0) is 21.5. The van der Waals surface area contributed by atoms with Crippen LogP contribution in [-0.2, 0) is 11.2 Å². The second kappa shape index (κ2) is 10.0. The molecule has 0 aliphatic rings. The number of nitrogens with one attached hydrogen (secondary N) is 1. The Morgan fingerprint density at radius 2 is 1.43 bits per heavy atom. The van der Waals surface area contributed by atoms with E-state index in [1.54, 1.807) is 33.5 Å². The second-order valence-corrected chi connectivity index (χ2v) is 7.11. The van der Waals surface area contributed by atoms with Crippen molar-refractivity contribution in [1.29, 1.82) is 0 Å². The number of ether oxygens (including phenoxy) is 3. The average molecular weight is 426 g/mol. The molecule has 0 radical (unpaired) electrons. The van der Waals surface area contributed by atoms with Gasteiger partial charge in [-0.3, -0.25) is 4.79 Å². The first-order valence-corrected chi connectivity index (χ1v) is 9.82. The van der Waals surface area contributed by atoms with E-state index in [-0.39, 0.29) is 18.4 Å². The van der Waals surface area contributed by atoms with Gasteiger partial charge in [0.15, 0.2) is 11.5 Å². The molecule has 0 heterocycles. The zero-order valence-corrected chi connectivity index (χ0v) is 17.9. The van der Waals surface area contributed by atoms with Gasteiger partial charge < -0.3 is 19.5 Å². The van der Waals surface area contributed by atoms with Gasteiger partial charge in [-0.2, -0.15) is 0 Å². The largest absolute Gasteiger partial charge is 0.493 e. The van der Waals surface area contributed by atoms with E-state index in [9.17, 15) is 4.79 Å². The fraction of sp³-hybridized carbons (Fsp3) is 0.208. The SMILES string of the molecule is COc1cc(CC(=O)NC(c2ccccc2)c2ccc(Cl)cc2)cc(OC)c1OC. The van der Waals surface area contributed by atoms with Gasteiger partial charge in [-0.25, -0.2) is 0 Å². The van der Waals surface area contributed by atoms with Crippen molar-refractivity contribution >= 4 is 17.5 Å². The first-order chi connectivity index (χ1) is 14.5. The van der Waals surface area contributed by atoms with Gasteiger partial charge in [0, 0.05) is 5.02 Å². The molecule has 0 aliphatic carbocycles. The lowest BCUT2D eigenvalue weighted by Gasteiger charge is -2.20. The first-order valence-electron chi connectivity index (χ1n) is 9.44. The fourth-order valence-corrected chi connectivity index (χ4v) is 3.42. The van der Waals surface area contributed by atoms with Crippen molar-refractivity contribution in [3.63, 3.8) is 0 Å². The normalized spacial score (nSPS) is 11.5. The van der Waals surface area contributed by atoms with Gasteiger partial charge in [-0.05, 0) is 41.0 Å². The molecule has 1 amide bonds. The predicted molar refractivity (Wildman–Crippen MR) is 118 cm³/mol. The maximum atomic E-state index is 12.9. The van der Waals surface area contributed by atoms with Crippen LogP contribution < -0.4 is 19.5 Å². The highest BCUT2D eigenvalue weighted by Crippen LogP contribution is 2.38. The van der Waals surface area contributed by atoms with Crippen molar-refractivity contribution in [3.05, 3.63) is 88.4 Å². The molecule has 5 nitrogen and oxygen atoms in total. The third-order valence-corrected chi connectivity index (χ3v) is 4.98. The van der Waals surface area contributed by atoms with E-state index in [2.05, 4.69) is 5.32 Å². The van der Waals surface area contributed by atoms with Crippen LogP contribution in [0.4, 0.5) is 0 Å². The lowest BCUT2D eigenvalue weighted by atomic mass is 9.98. The van der Waals surface area contributed by atoms with Gasteiger partial charge in [0.25, 0.3) is 0 Å². The van der Waals surface area contributed by atoms with Crippen LogP contribution in [0.25, 0.3) is 0 Å². The Kier molecular flexibility index (Phi) is 7.20. The molecule has 1 unspecified atom stereocenters. The number of amides is 1. The van der Waals surface area contributed by atoms with Crippen molar-refractivity contribution in [2.75, 3.05) is 21.3 Å². The van der Waals surface area contributed by atoms with E-state index >= 15 is 0 Å². The molecule has 1 N–H and O–H groups in total. The monoisotopic (exact) mass is 425 g/mol. The van der Waals surface area contributed by atoms with Crippen LogP contribution in [0.15, 0.2) is 66.7 Å². The molecule has 0 bridgehead atoms. The summed E-state index contributed by atoms with van der Waals surface area (Å²) in [5, 5.41) is 3.77. The number of hydrogen-bond donors (Lipinski definition) is 1. The molecule has 156 valence electrons. The number of benzene rings is 3. The second-order valence-electron chi connectivity index (χ2n) is 6.67. The highest BCUT2D eigenvalue weighted by molar-refractivity contribution is 6.30. The van der Waals surface area contributed by atoms with Crippen LogP contribution >= 0.6 is 11.6 Å². The van der Waals surface area contributed by atoms with E-state index in [1.807, 2.05) is 54.6 Å². The van der Waals surface area contributed by atoms with E-state index in [4.69, 9.17) is 25.8 Å². The van der Waals surface area contributed by atoms with E-state index in [0.29, 0.717) is 22.3 Å². The predicted octanol–water partition coefficient (Wildman–Crippen LogP) is 4.81. The van der Waals surface area contributed by atoms with Crippen LogP contribution in [0.2, 0.25) is 5.02 Å². The van der Waals surface area contributed by atoms with Gasteiger partial charge >= 0.3 is 0 Å². The molecule has 0 saturated heterocycles. The van der Waals surface area contributed by atoms with Gasteiger partial charge in [-0.15, -0.1) is 0 Å². The minimum absolute atomic E-state index is 0.131. The number of methoxy groups -OCH3 is 3. The molecule has 3 rings (SSSR count). The fourth-order valence-electron chi connectivity index (χ4n) is 3.29. The smallest absolute Gasteiger partial charge is 0.225 e. The van der Waals surface area contributed by atoms with Crippen molar-refractivity contribution in [3.8, 4) is 17.2 Å². The molecule has 0 saturated carbocycles. The quantitative estimate of drug-likeness (QED) is 0.562. The summed E-state index contributed by atoms with van der Waals surface area (Å²) in [6.07, 6.45) is 0.160. The maximum Gasteiger partial charge on any atom is 0.225 e. The van der Waals surface area contributed by atoms with Crippen LogP contribution in [0.1, 0.15) is 22.7 Å². The summed E-state index contributed by atoms with van der Waals surface area (Å²) >= 11 is 6.04. The van der Waals surface area contributed by atoms with Gasteiger partial charge in [0.1, 0.15) is 0 Å². The Morgan fingerprint density at radius 1 is 0.867 bits per heavy atom. The van der Waals surface area contributed by atoms with Crippen LogP contribution in [0, 0.1) is 0 Å². The zero-order valence-electron chi connectivity index (χ0n) is 17.1. The van der Waals surface area contributed by atoms with E-state index < -0.39 is 0 Å². The van der Waals surface area contributed by atoms with Crippen molar-refractivity contribution in [2.45, 2.75) is 12.5 Å². The van der Waals surface area contributed by atoms with Gasteiger partial charge in [-0.1, -0.05) is 54.1 Å². The van der Waals surface area contributed by atoms with Gasteiger partial charge in [0.2, 0.25) is 11.7 Å². The Hall–Kier alpha value is -3.18. The van der Waals surface area contributed by atoms with E-state index in [1.165, 1.54) is 0 Å². The number of carbonyl (C=O) groups is 1.